The van der Waals surface area contributed by atoms with Crippen LogP contribution >= 0.6 is 0 Å². The highest BCUT2D eigenvalue weighted by molar-refractivity contribution is 7.89. The third kappa shape index (κ3) is 3.47. The van der Waals surface area contributed by atoms with E-state index in [4.69, 9.17) is 0 Å². The molecule has 5 rings (SSSR count). The van der Waals surface area contributed by atoms with Crippen molar-refractivity contribution in [2.45, 2.75) is 49.6 Å². The first-order chi connectivity index (χ1) is 15.4. The van der Waals surface area contributed by atoms with Gasteiger partial charge in [-0.1, -0.05) is 0 Å². The molecule has 9 nitrogen and oxygen atoms in total. The van der Waals surface area contributed by atoms with Crippen LogP contribution in [0.2, 0.25) is 0 Å². The molecule has 2 fully saturated rings. The second-order valence-corrected chi connectivity index (χ2v) is 10.4. The number of hydrogen-bond acceptors (Lipinski definition) is 6. The number of aromatic amines is 1. The lowest BCUT2D eigenvalue weighted by atomic mass is 10.1. The number of hydrogen-bond donors (Lipinski definition) is 2. The number of nitrogens with one attached hydrogen (secondary N) is 2. The van der Waals surface area contributed by atoms with Crippen molar-refractivity contribution in [3.63, 3.8) is 0 Å². The lowest BCUT2D eigenvalue weighted by Gasteiger charge is -2.37. The summed E-state index contributed by atoms with van der Waals surface area (Å²) in [4.78, 5) is 15.5. The molecule has 0 bridgehead atoms. The highest BCUT2D eigenvalue weighted by Crippen LogP contribution is 2.43. The maximum atomic E-state index is 12.7. The van der Waals surface area contributed by atoms with Crippen molar-refractivity contribution in [1.82, 2.24) is 19.1 Å². The summed E-state index contributed by atoms with van der Waals surface area (Å²) >= 11 is 0. The monoisotopic (exact) mass is 452 g/mol. The van der Waals surface area contributed by atoms with Gasteiger partial charge >= 0.3 is 0 Å². The van der Waals surface area contributed by atoms with Crippen LogP contribution < -0.4 is 10.9 Å². The molecule has 0 radical (unpaired) electrons. The maximum Gasteiger partial charge on any atom is 0.261 e. The van der Waals surface area contributed by atoms with E-state index < -0.39 is 10.0 Å². The molecule has 1 aliphatic heterocycles. The zero-order valence-corrected chi connectivity index (χ0v) is 18.5. The highest BCUT2D eigenvalue weighted by atomic mass is 32.2. The average Bonchev–Trinajstić information content (AvgIpc) is 3.53. The Morgan fingerprint density at radius 3 is 2.59 bits per heavy atom. The van der Waals surface area contributed by atoms with Crippen LogP contribution in [0.1, 0.15) is 38.6 Å². The number of fused-ring (bicyclic) bond motifs is 1. The van der Waals surface area contributed by atoms with E-state index in [1.165, 1.54) is 4.31 Å². The molecule has 1 saturated heterocycles. The lowest BCUT2D eigenvalue weighted by molar-refractivity contribution is 0.217. The number of nitrogens with zero attached hydrogens (tertiary/aromatic N) is 4. The van der Waals surface area contributed by atoms with Crippen LogP contribution in [-0.2, 0) is 10.0 Å². The molecule has 2 aromatic heterocycles. The Bertz CT molecular complexity index is 1370. The number of anilines is 2. The average molecular weight is 453 g/mol. The summed E-state index contributed by atoms with van der Waals surface area (Å²) in [5.41, 5.74) is 1.03. The SMILES string of the molecule is C[C@@H]1CCN1S(=O)(=O)c1ccc(Nc2nn(C(CC#N)C3CC3)c3cc[nH]c(=O)c23)cc1. The predicted octanol–water partition coefficient (Wildman–Crippen LogP) is 3.12. The van der Waals surface area contributed by atoms with Gasteiger partial charge in [-0.25, -0.2) is 8.42 Å². The first-order valence-electron chi connectivity index (χ1n) is 10.8. The van der Waals surface area contributed by atoms with E-state index in [0.29, 0.717) is 41.3 Å². The first kappa shape index (κ1) is 20.7. The summed E-state index contributed by atoms with van der Waals surface area (Å²) in [5.74, 6) is 0.774. The second-order valence-electron chi connectivity index (χ2n) is 8.53. The standard InChI is InChI=1S/C22H24N6O3S/c1-14-10-13-27(14)32(30,31)17-6-4-16(5-7-17)25-21-20-19(9-12-24-22(20)29)28(26-21)18(8-11-23)15-2-3-15/h4-7,9,12,14-15,18H,2-3,8,10,13H2,1H3,(H,24,29)(H,25,26)/t14-,18?/m1/s1. The molecule has 1 saturated carbocycles. The van der Waals surface area contributed by atoms with E-state index in [2.05, 4.69) is 21.5 Å². The van der Waals surface area contributed by atoms with Gasteiger partial charge in [0.15, 0.2) is 5.82 Å². The highest BCUT2D eigenvalue weighted by Gasteiger charge is 2.36. The molecule has 166 valence electrons. The minimum absolute atomic E-state index is 0.0210. The van der Waals surface area contributed by atoms with Crippen molar-refractivity contribution in [2.24, 2.45) is 5.92 Å². The second kappa shape index (κ2) is 7.76. The molecule has 10 heteroatoms. The molecule has 1 aromatic carbocycles. The fourth-order valence-electron chi connectivity index (χ4n) is 4.30. The summed E-state index contributed by atoms with van der Waals surface area (Å²) in [6.07, 6.45) is 4.88. The van der Waals surface area contributed by atoms with E-state index in [9.17, 15) is 18.5 Å². The van der Waals surface area contributed by atoms with Crippen molar-refractivity contribution >= 4 is 32.4 Å². The van der Waals surface area contributed by atoms with Crippen molar-refractivity contribution in [3.8, 4) is 6.07 Å². The molecular weight excluding hydrogens is 428 g/mol. The Balaban J connectivity index is 1.48. The van der Waals surface area contributed by atoms with Crippen molar-refractivity contribution in [2.75, 3.05) is 11.9 Å². The summed E-state index contributed by atoms with van der Waals surface area (Å²) < 4.78 is 28.8. The Hall–Kier alpha value is -3.16. The predicted molar refractivity (Wildman–Crippen MR) is 120 cm³/mol. The fourth-order valence-corrected chi connectivity index (χ4v) is 5.98. The molecular formula is C22H24N6O3S. The molecule has 1 unspecified atom stereocenters. The van der Waals surface area contributed by atoms with Gasteiger partial charge in [0.25, 0.3) is 5.56 Å². The van der Waals surface area contributed by atoms with Crippen molar-refractivity contribution in [1.29, 1.82) is 5.26 Å². The third-order valence-corrected chi connectivity index (χ3v) is 8.42. The minimum Gasteiger partial charge on any atom is -0.338 e. The van der Waals surface area contributed by atoms with E-state index in [1.54, 1.807) is 41.2 Å². The molecule has 2 N–H and O–H groups in total. The van der Waals surface area contributed by atoms with Gasteiger partial charge in [-0.3, -0.25) is 9.48 Å². The smallest absolute Gasteiger partial charge is 0.261 e. The van der Waals surface area contributed by atoms with Crippen LogP contribution in [-0.4, -0.2) is 40.1 Å². The zero-order valence-electron chi connectivity index (χ0n) is 17.7. The maximum absolute atomic E-state index is 12.7. The van der Waals surface area contributed by atoms with Crippen LogP contribution in [0.4, 0.5) is 11.5 Å². The van der Waals surface area contributed by atoms with Gasteiger partial charge in [0.05, 0.1) is 28.9 Å². The molecule has 0 amide bonds. The Morgan fingerprint density at radius 2 is 2.00 bits per heavy atom. The van der Waals surface area contributed by atoms with Crippen LogP contribution in [0, 0.1) is 17.2 Å². The number of sulfonamides is 1. The number of aromatic nitrogens is 3. The zero-order chi connectivity index (χ0) is 22.5. The number of benzene rings is 1. The van der Waals surface area contributed by atoms with Crippen molar-refractivity contribution in [3.05, 3.63) is 46.9 Å². The van der Waals surface area contributed by atoms with Gasteiger partial charge in [-0.05, 0) is 62.4 Å². The first-order valence-corrected chi connectivity index (χ1v) is 12.2. The van der Waals surface area contributed by atoms with E-state index in [0.717, 1.165) is 19.3 Å². The van der Waals surface area contributed by atoms with E-state index in [1.807, 2.05) is 6.92 Å². The minimum atomic E-state index is -3.50. The van der Waals surface area contributed by atoms with Gasteiger partial charge in [0.1, 0.15) is 5.39 Å². The fraction of sp³-hybridized carbons (Fsp3) is 0.409. The molecule has 32 heavy (non-hydrogen) atoms. The summed E-state index contributed by atoms with van der Waals surface area (Å²) in [6.45, 7) is 2.44. The van der Waals surface area contributed by atoms with Crippen LogP contribution in [0.3, 0.4) is 0 Å². The Morgan fingerprint density at radius 1 is 1.25 bits per heavy atom. The quantitative estimate of drug-likeness (QED) is 0.568. The number of H-pyrrole nitrogens is 1. The van der Waals surface area contributed by atoms with Gasteiger partial charge in [-0.2, -0.15) is 14.7 Å². The Kier molecular flexibility index (Phi) is 5.03. The van der Waals surface area contributed by atoms with Gasteiger partial charge in [0, 0.05) is 24.5 Å². The molecule has 3 heterocycles. The summed E-state index contributed by atoms with van der Waals surface area (Å²) in [6, 6.07) is 10.5. The van der Waals surface area contributed by atoms with Gasteiger partial charge in [-0.15, -0.1) is 0 Å². The molecule has 2 atom stereocenters. The molecule has 3 aromatic rings. The van der Waals surface area contributed by atoms with Gasteiger partial charge in [0.2, 0.25) is 10.0 Å². The molecule has 2 aliphatic rings. The van der Waals surface area contributed by atoms with E-state index >= 15 is 0 Å². The topological polar surface area (TPSA) is 124 Å². The van der Waals surface area contributed by atoms with Crippen LogP contribution in [0.15, 0.2) is 46.2 Å². The number of pyridine rings is 1. The van der Waals surface area contributed by atoms with Crippen molar-refractivity contribution < 1.29 is 8.42 Å². The third-order valence-electron chi connectivity index (χ3n) is 6.39. The number of nitriles is 1. The normalized spacial score (nSPS) is 19.9. The van der Waals surface area contributed by atoms with E-state index in [-0.39, 0.29) is 22.5 Å². The van der Waals surface area contributed by atoms with Gasteiger partial charge < -0.3 is 10.3 Å². The summed E-state index contributed by atoms with van der Waals surface area (Å²) in [7, 11) is -3.50. The van der Waals surface area contributed by atoms with Crippen LogP contribution in [0.5, 0.6) is 0 Å². The Labute approximate surface area is 185 Å². The lowest BCUT2D eigenvalue weighted by Crippen LogP contribution is -2.49. The van der Waals surface area contributed by atoms with Crippen LogP contribution in [0.25, 0.3) is 10.9 Å². The largest absolute Gasteiger partial charge is 0.338 e. The summed E-state index contributed by atoms with van der Waals surface area (Å²) in [5, 5.41) is 17.5. The molecule has 1 aliphatic carbocycles. The number of rotatable bonds is 7. The molecule has 0 spiro atoms.